The number of hydrogen-bond donors (Lipinski definition) is 1. The summed E-state index contributed by atoms with van der Waals surface area (Å²) < 4.78 is 6.76. The fourth-order valence-electron chi connectivity index (χ4n) is 1.96. The van der Waals surface area contributed by atoms with Gasteiger partial charge in [0.25, 0.3) is 5.91 Å². The van der Waals surface area contributed by atoms with Gasteiger partial charge in [-0.05, 0) is 32.0 Å². The number of carbonyl (C=O) groups excluding carboxylic acids is 1. The topological polar surface area (TPSA) is 56.2 Å². The lowest BCUT2D eigenvalue weighted by atomic mass is 10.2. The number of hydrogen-bond acceptors (Lipinski definition) is 3. The smallest absolute Gasteiger partial charge is 0.275 e. The summed E-state index contributed by atoms with van der Waals surface area (Å²) in [6.45, 7) is 4.19. The van der Waals surface area contributed by atoms with Crippen molar-refractivity contribution in [3.63, 3.8) is 0 Å². The van der Waals surface area contributed by atoms with Gasteiger partial charge in [0, 0.05) is 11.6 Å². The maximum absolute atomic E-state index is 12.5. The Kier molecular flexibility index (Phi) is 4.75. The van der Waals surface area contributed by atoms with Crippen LogP contribution in [0.25, 0.3) is 0 Å². The van der Waals surface area contributed by atoms with E-state index in [-0.39, 0.29) is 5.91 Å². The molecule has 0 atom stereocenters. The van der Waals surface area contributed by atoms with Gasteiger partial charge in [-0.2, -0.15) is 5.10 Å². The van der Waals surface area contributed by atoms with E-state index >= 15 is 0 Å². The van der Waals surface area contributed by atoms with E-state index in [1.807, 2.05) is 6.92 Å². The van der Waals surface area contributed by atoms with Crippen molar-refractivity contribution in [3.8, 4) is 5.75 Å². The minimum atomic E-state index is -0.358. The molecule has 0 unspecified atom stereocenters. The molecule has 0 radical (unpaired) electrons. The van der Waals surface area contributed by atoms with E-state index < -0.39 is 0 Å². The summed E-state index contributed by atoms with van der Waals surface area (Å²) in [6.07, 6.45) is 0. The first-order valence-corrected chi connectivity index (χ1v) is 7.11. The Morgan fingerprint density at radius 2 is 2.14 bits per heavy atom. The fourth-order valence-corrected chi connectivity index (χ4v) is 2.36. The maximum atomic E-state index is 12.5. The van der Waals surface area contributed by atoms with Gasteiger partial charge in [0.05, 0.1) is 23.5 Å². The Morgan fingerprint density at radius 3 is 2.76 bits per heavy atom. The van der Waals surface area contributed by atoms with Gasteiger partial charge in [-0.25, -0.2) is 0 Å². The number of aromatic nitrogens is 2. The summed E-state index contributed by atoms with van der Waals surface area (Å²) in [5, 5.41) is 7.81. The summed E-state index contributed by atoms with van der Waals surface area (Å²) in [5.74, 6) is 0.158. The van der Waals surface area contributed by atoms with E-state index in [1.54, 1.807) is 29.8 Å². The second-order valence-corrected chi connectivity index (χ2v) is 5.18. The largest absolute Gasteiger partial charge is 0.495 e. The lowest BCUT2D eigenvalue weighted by Crippen LogP contribution is -2.18. The molecule has 1 amide bonds. The van der Waals surface area contributed by atoms with Crippen LogP contribution in [0.5, 0.6) is 5.75 Å². The predicted molar refractivity (Wildman–Crippen MR) is 83.6 cm³/mol. The number of methoxy groups -OCH3 is 1. The van der Waals surface area contributed by atoms with E-state index in [4.69, 9.17) is 27.9 Å². The molecule has 0 saturated carbocycles. The van der Waals surface area contributed by atoms with E-state index in [2.05, 4.69) is 10.4 Å². The first-order valence-electron chi connectivity index (χ1n) is 6.35. The molecule has 2 rings (SSSR count). The highest BCUT2D eigenvalue weighted by Gasteiger charge is 2.21. The Balaban J connectivity index is 2.37. The second kappa shape index (κ2) is 6.37. The molecular weight excluding hydrogens is 313 g/mol. The van der Waals surface area contributed by atoms with Gasteiger partial charge < -0.3 is 10.1 Å². The lowest BCUT2D eigenvalue weighted by molar-refractivity contribution is 0.101. The first-order chi connectivity index (χ1) is 9.97. The van der Waals surface area contributed by atoms with Gasteiger partial charge in [-0.1, -0.05) is 23.2 Å². The zero-order valence-corrected chi connectivity index (χ0v) is 13.4. The predicted octanol–water partition coefficient (Wildman–Crippen LogP) is 3.78. The number of carbonyl (C=O) groups is 1. The van der Waals surface area contributed by atoms with Crippen LogP contribution in [0.4, 0.5) is 5.69 Å². The van der Waals surface area contributed by atoms with Gasteiger partial charge in [-0.15, -0.1) is 0 Å². The van der Waals surface area contributed by atoms with Crippen molar-refractivity contribution in [3.05, 3.63) is 39.6 Å². The van der Waals surface area contributed by atoms with Crippen molar-refractivity contribution in [2.45, 2.75) is 20.4 Å². The number of rotatable bonds is 4. The molecule has 0 bridgehead atoms. The van der Waals surface area contributed by atoms with Crippen molar-refractivity contribution in [1.29, 1.82) is 0 Å². The summed E-state index contributed by atoms with van der Waals surface area (Å²) in [5.41, 5.74) is 1.41. The van der Waals surface area contributed by atoms with Crippen LogP contribution in [-0.4, -0.2) is 22.8 Å². The molecule has 0 aliphatic rings. The van der Waals surface area contributed by atoms with Crippen molar-refractivity contribution in [2.75, 3.05) is 12.4 Å². The molecule has 0 aliphatic carbocycles. The number of anilines is 1. The van der Waals surface area contributed by atoms with Crippen LogP contribution in [0.15, 0.2) is 18.2 Å². The molecule has 1 N–H and O–H groups in total. The monoisotopic (exact) mass is 327 g/mol. The first kappa shape index (κ1) is 15.7. The number of aryl methyl sites for hydroxylation is 2. The molecule has 112 valence electrons. The average Bonchev–Trinajstić information content (AvgIpc) is 2.74. The number of halogens is 2. The molecule has 0 spiro atoms. The zero-order valence-electron chi connectivity index (χ0n) is 11.9. The highest BCUT2D eigenvalue weighted by molar-refractivity contribution is 6.35. The van der Waals surface area contributed by atoms with Gasteiger partial charge in [0.2, 0.25) is 0 Å². The molecule has 1 aromatic carbocycles. The van der Waals surface area contributed by atoms with Crippen LogP contribution in [0, 0.1) is 6.92 Å². The van der Waals surface area contributed by atoms with E-state index in [0.717, 1.165) is 0 Å². The molecule has 0 fully saturated rings. The number of amides is 1. The van der Waals surface area contributed by atoms with Crippen LogP contribution in [-0.2, 0) is 6.54 Å². The molecule has 2 aromatic rings. The van der Waals surface area contributed by atoms with Crippen molar-refractivity contribution in [1.82, 2.24) is 9.78 Å². The molecule has 5 nitrogen and oxygen atoms in total. The van der Waals surface area contributed by atoms with Gasteiger partial charge >= 0.3 is 0 Å². The second-order valence-electron chi connectivity index (χ2n) is 4.36. The zero-order chi connectivity index (χ0) is 15.6. The van der Waals surface area contributed by atoms with Crippen LogP contribution in [0.1, 0.15) is 23.1 Å². The molecule has 7 heteroatoms. The summed E-state index contributed by atoms with van der Waals surface area (Å²) >= 11 is 12.1. The molecule has 0 aliphatic heterocycles. The van der Waals surface area contributed by atoms with Crippen LogP contribution < -0.4 is 10.1 Å². The Morgan fingerprint density at radius 1 is 1.43 bits per heavy atom. The van der Waals surface area contributed by atoms with Crippen LogP contribution >= 0.6 is 23.2 Å². The molecule has 0 saturated heterocycles. The third kappa shape index (κ3) is 3.14. The number of nitrogens with zero attached hydrogens (tertiary/aromatic N) is 2. The Hall–Kier alpha value is -1.72. The number of nitrogens with one attached hydrogen (secondary N) is 1. The summed E-state index contributed by atoms with van der Waals surface area (Å²) in [6, 6.07) is 4.98. The van der Waals surface area contributed by atoms with Gasteiger partial charge in [0.15, 0.2) is 0 Å². The third-order valence-electron chi connectivity index (χ3n) is 2.98. The normalized spacial score (nSPS) is 10.5. The van der Waals surface area contributed by atoms with Gasteiger partial charge in [-0.3, -0.25) is 9.48 Å². The minimum Gasteiger partial charge on any atom is -0.495 e. The third-order valence-corrected chi connectivity index (χ3v) is 3.67. The standard InChI is InChI=1S/C14H15Cl2N3O2/c1-4-19-13(12(16)8(2)18-19)14(20)17-10-7-9(15)5-6-11(10)21-3/h5-7H,4H2,1-3H3,(H,17,20). The number of ether oxygens (including phenoxy) is 1. The quantitative estimate of drug-likeness (QED) is 0.929. The van der Waals surface area contributed by atoms with E-state index in [1.165, 1.54) is 7.11 Å². The van der Waals surface area contributed by atoms with E-state index in [0.29, 0.717) is 39.4 Å². The van der Waals surface area contributed by atoms with Crippen molar-refractivity contribution in [2.24, 2.45) is 0 Å². The van der Waals surface area contributed by atoms with Crippen LogP contribution in [0.2, 0.25) is 10.0 Å². The highest BCUT2D eigenvalue weighted by atomic mass is 35.5. The molecule has 1 heterocycles. The van der Waals surface area contributed by atoms with Crippen molar-refractivity contribution < 1.29 is 9.53 Å². The molecule has 1 aromatic heterocycles. The van der Waals surface area contributed by atoms with Crippen LogP contribution in [0.3, 0.4) is 0 Å². The molecule has 21 heavy (non-hydrogen) atoms. The highest BCUT2D eigenvalue weighted by Crippen LogP contribution is 2.29. The lowest BCUT2D eigenvalue weighted by Gasteiger charge is -2.11. The average molecular weight is 328 g/mol. The number of benzene rings is 1. The minimum absolute atomic E-state index is 0.318. The van der Waals surface area contributed by atoms with Gasteiger partial charge in [0.1, 0.15) is 11.4 Å². The van der Waals surface area contributed by atoms with E-state index in [9.17, 15) is 4.79 Å². The SMILES string of the molecule is CCn1nc(C)c(Cl)c1C(=O)Nc1cc(Cl)ccc1OC. The summed E-state index contributed by atoms with van der Waals surface area (Å²) in [4.78, 5) is 12.5. The molecular formula is C14H15Cl2N3O2. The Labute approximate surface area is 132 Å². The Bertz CT molecular complexity index is 683. The maximum Gasteiger partial charge on any atom is 0.275 e. The fraction of sp³-hybridized carbons (Fsp3) is 0.286. The van der Waals surface area contributed by atoms with Crippen molar-refractivity contribution >= 4 is 34.8 Å². The summed E-state index contributed by atoms with van der Waals surface area (Å²) in [7, 11) is 1.52.